The highest BCUT2D eigenvalue weighted by Crippen LogP contribution is 2.39. The molecule has 0 aliphatic carbocycles. The molecule has 0 radical (unpaired) electrons. The number of nitrogens with one attached hydrogen (secondary N) is 1. The van der Waals surface area contributed by atoms with Crippen molar-refractivity contribution in [3.05, 3.63) is 12.1 Å². The van der Waals surface area contributed by atoms with E-state index < -0.39 is 0 Å². The second kappa shape index (κ2) is 7.81. The summed E-state index contributed by atoms with van der Waals surface area (Å²) in [7, 11) is 1.64. The number of aromatic nitrogens is 1. The fraction of sp³-hybridized carbons (Fsp3) is 0.529. The molecule has 1 aromatic carbocycles. The van der Waals surface area contributed by atoms with Gasteiger partial charge in [-0.1, -0.05) is 24.7 Å². The van der Waals surface area contributed by atoms with Crippen molar-refractivity contribution >= 4 is 38.3 Å². The number of morpholine rings is 1. The predicted octanol–water partition coefficient (Wildman–Crippen LogP) is 3.27. The van der Waals surface area contributed by atoms with Gasteiger partial charge < -0.3 is 19.7 Å². The van der Waals surface area contributed by atoms with Gasteiger partial charge in [0.25, 0.3) is 0 Å². The van der Waals surface area contributed by atoms with Gasteiger partial charge in [0.1, 0.15) is 11.3 Å². The minimum Gasteiger partial charge on any atom is -0.494 e. The Balaban J connectivity index is 1.91. The van der Waals surface area contributed by atoms with E-state index in [0.29, 0.717) is 11.6 Å². The van der Waals surface area contributed by atoms with Crippen LogP contribution in [0.2, 0.25) is 0 Å². The fourth-order valence-corrected chi connectivity index (χ4v) is 3.80. The van der Waals surface area contributed by atoms with Crippen molar-refractivity contribution in [2.45, 2.75) is 26.2 Å². The summed E-state index contributed by atoms with van der Waals surface area (Å²) >= 11 is 1.50. The summed E-state index contributed by atoms with van der Waals surface area (Å²) in [6.45, 7) is 5.25. The number of thiazole rings is 1. The van der Waals surface area contributed by atoms with E-state index in [-0.39, 0.29) is 5.91 Å². The van der Waals surface area contributed by atoms with E-state index in [1.165, 1.54) is 11.3 Å². The standard InChI is InChI=1S/C17H23N3O3S/c1-3-4-5-14(21)18-17-19-15-13(22-2)7-6-12(16(15)24-17)20-8-10-23-11-9-20/h6-7H,3-5,8-11H2,1-2H3,(H,18,19,21). The van der Waals surface area contributed by atoms with Crippen LogP contribution in [0.15, 0.2) is 12.1 Å². The Morgan fingerprint density at radius 3 is 2.92 bits per heavy atom. The Kier molecular flexibility index (Phi) is 5.52. The largest absolute Gasteiger partial charge is 0.494 e. The molecular weight excluding hydrogens is 326 g/mol. The molecular formula is C17H23N3O3S. The van der Waals surface area contributed by atoms with E-state index >= 15 is 0 Å². The van der Waals surface area contributed by atoms with Crippen LogP contribution in [0.5, 0.6) is 5.75 Å². The summed E-state index contributed by atoms with van der Waals surface area (Å²) in [5.41, 5.74) is 1.93. The maximum absolute atomic E-state index is 12.0. The average molecular weight is 349 g/mol. The number of unbranched alkanes of at least 4 members (excludes halogenated alkanes) is 1. The van der Waals surface area contributed by atoms with Crippen molar-refractivity contribution in [3.63, 3.8) is 0 Å². The molecule has 6 nitrogen and oxygen atoms in total. The van der Waals surface area contributed by atoms with E-state index in [1.54, 1.807) is 7.11 Å². The maximum atomic E-state index is 12.0. The van der Waals surface area contributed by atoms with Gasteiger partial charge in [-0.15, -0.1) is 0 Å². The fourth-order valence-electron chi connectivity index (χ4n) is 2.76. The second-order valence-electron chi connectivity index (χ2n) is 5.73. The van der Waals surface area contributed by atoms with Crippen LogP contribution in [0.25, 0.3) is 10.2 Å². The van der Waals surface area contributed by atoms with E-state index in [0.717, 1.165) is 60.8 Å². The van der Waals surface area contributed by atoms with E-state index in [1.807, 2.05) is 6.07 Å². The van der Waals surface area contributed by atoms with Crippen LogP contribution in [-0.2, 0) is 9.53 Å². The molecule has 24 heavy (non-hydrogen) atoms. The summed E-state index contributed by atoms with van der Waals surface area (Å²) < 4.78 is 11.9. The third-order valence-electron chi connectivity index (χ3n) is 4.06. The molecule has 0 atom stereocenters. The Bertz CT molecular complexity index is 710. The molecule has 3 rings (SSSR count). The highest BCUT2D eigenvalue weighted by atomic mass is 32.1. The number of carbonyl (C=O) groups excluding carboxylic acids is 1. The van der Waals surface area contributed by atoms with Gasteiger partial charge in [0.05, 0.1) is 30.7 Å². The molecule has 0 bridgehead atoms. The SMILES string of the molecule is CCCCC(=O)Nc1nc2c(OC)ccc(N3CCOCC3)c2s1. The predicted molar refractivity (Wildman–Crippen MR) is 97.4 cm³/mol. The average Bonchev–Trinajstić information content (AvgIpc) is 3.03. The van der Waals surface area contributed by atoms with Gasteiger partial charge in [-0.25, -0.2) is 4.98 Å². The summed E-state index contributed by atoms with van der Waals surface area (Å²) in [6, 6.07) is 4.00. The normalized spacial score (nSPS) is 14.8. The van der Waals surface area contributed by atoms with Gasteiger partial charge in [0.2, 0.25) is 5.91 Å². The zero-order chi connectivity index (χ0) is 16.9. The first-order valence-corrected chi connectivity index (χ1v) is 9.14. The van der Waals surface area contributed by atoms with Crippen molar-refractivity contribution in [1.82, 2.24) is 4.98 Å². The smallest absolute Gasteiger partial charge is 0.226 e. The number of fused-ring (bicyclic) bond motifs is 1. The van der Waals surface area contributed by atoms with Crippen LogP contribution < -0.4 is 15.0 Å². The van der Waals surface area contributed by atoms with E-state index in [2.05, 4.69) is 28.2 Å². The van der Waals surface area contributed by atoms with Crippen LogP contribution in [0.4, 0.5) is 10.8 Å². The topological polar surface area (TPSA) is 63.7 Å². The molecule has 0 saturated carbocycles. The number of methoxy groups -OCH3 is 1. The lowest BCUT2D eigenvalue weighted by Crippen LogP contribution is -2.36. The number of rotatable bonds is 6. The molecule has 1 N–H and O–H groups in total. The molecule has 2 heterocycles. The molecule has 2 aromatic rings. The van der Waals surface area contributed by atoms with Crippen molar-refractivity contribution in [2.75, 3.05) is 43.6 Å². The molecule has 130 valence electrons. The van der Waals surface area contributed by atoms with Gasteiger partial charge in [-0.05, 0) is 18.6 Å². The van der Waals surface area contributed by atoms with E-state index in [4.69, 9.17) is 9.47 Å². The zero-order valence-electron chi connectivity index (χ0n) is 14.1. The lowest BCUT2D eigenvalue weighted by Gasteiger charge is -2.29. The lowest BCUT2D eigenvalue weighted by atomic mass is 10.2. The summed E-state index contributed by atoms with van der Waals surface area (Å²) in [4.78, 5) is 18.9. The monoisotopic (exact) mass is 349 g/mol. The van der Waals surface area contributed by atoms with Gasteiger partial charge >= 0.3 is 0 Å². The molecule has 0 unspecified atom stereocenters. The molecule has 0 spiro atoms. The molecule has 1 amide bonds. The Labute approximate surface area is 145 Å². The first kappa shape index (κ1) is 17.0. The van der Waals surface area contributed by atoms with Gasteiger partial charge in [0, 0.05) is 19.5 Å². The highest BCUT2D eigenvalue weighted by Gasteiger charge is 2.19. The second-order valence-corrected chi connectivity index (χ2v) is 6.73. The van der Waals surface area contributed by atoms with Crippen LogP contribution >= 0.6 is 11.3 Å². The van der Waals surface area contributed by atoms with Gasteiger partial charge in [-0.3, -0.25) is 4.79 Å². The molecule has 1 aliphatic rings. The number of amides is 1. The minimum atomic E-state index is 0.0165. The Morgan fingerprint density at radius 2 is 2.21 bits per heavy atom. The third-order valence-corrected chi connectivity index (χ3v) is 5.05. The highest BCUT2D eigenvalue weighted by molar-refractivity contribution is 7.23. The van der Waals surface area contributed by atoms with Gasteiger partial charge in [-0.2, -0.15) is 0 Å². The van der Waals surface area contributed by atoms with Crippen LogP contribution in [0, 0.1) is 0 Å². The Hall–Kier alpha value is -1.86. The van der Waals surface area contributed by atoms with Crippen molar-refractivity contribution in [2.24, 2.45) is 0 Å². The summed E-state index contributed by atoms with van der Waals surface area (Å²) in [6.07, 6.45) is 2.42. The number of hydrogen-bond donors (Lipinski definition) is 1. The lowest BCUT2D eigenvalue weighted by molar-refractivity contribution is -0.116. The maximum Gasteiger partial charge on any atom is 0.226 e. The zero-order valence-corrected chi connectivity index (χ0v) is 14.9. The summed E-state index contributed by atoms with van der Waals surface area (Å²) in [5.74, 6) is 0.745. The first-order valence-electron chi connectivity index (χ1n) is 8.33. The molecule has 1 aromatic heterocycles. The number of carbonyl (C=O) groups is 1. The first-order chi connectivity index (χ1) is 11.7. The number of ether oxygens (including phenoxy) is 2. The number of hydrogen-bond acceptors (Lipinski definition) is 6. The molecule has 7 heteroatoms. The third kappa shape index (κ3) is 3.62. The number of nitrogens with zero attached hydrogens (tertiary/aromatic N) is 2. The Morgan fingerprint density at radius 1 is 1.42 bits per heavy atom. The molecule has 1 fully saturated rings. The van der Waals surface area contributed by atoms with E-state index in [9.17, 15) is 4.79 Å². The van der Waals surface area contributed by atoms with Crippen molar-refractivity contribution in [1.29, 1.82) is 0 Å². The molecule has 1 saturated heterocycles. The van der Waals surface area contributed by atoms with Crippen molar-refractivity contribution in [3.8, 4) is 5.75 Å². The number of benzene rings is 1. The minimum absolute atomic E-state index is 0.0165. The van der Waals surface area contributed by atoms with Crippen LogP contribution in [0.3, 0.4) is 0 Å². The van der Waals surface area contributed by atoms with Gasteiger partial charge in [0.15, 0.2) is 5.13 Å². The van der Waals surface area contributed by atoms with Crippen molar-refractivity contribution < 1.29 is 14.3 Å². The summed E-state index contributed by atoms with van der Waals surface area (Å²) in [5, 5.41) is 3.55. The number of anilines is 2. The molecule has 1 aliphatic heterocycles. The van der Waals surface area contributed by atoms with Crippen LogP contribution in [-0.4, -0.2) is 44.3 Å². The van der Waals surface area contributed by atoms with Crippen LogP contribution in [0.1, 0.15) is 26.2 Å². The quantitative estimate of drug-likeness (QED) is 0.867.